The zero-order valence-corrected chi connectivity index (χ0v) is 14.4. The van der Waals surface area contributed by atoms with E-state index in [4.69, 9.17) is 11.6 Å². The van der Waals surface area contributed by atoms with E-state index in [0.717, 1.165) is 31.4 Å². The SMILES string of the molecule is O=C(c1cnc(Nc2ccc(Cl)c(C(F)(F)F)c2)nc1)N1CCCCC1. The Labute approximate surface area is 153 Å². The van der Waals surface area contributed by atoms with Crippen LogP contribution < -0.4 is 5.32 Å². The molecule has 1 N–H and O–H groups in total. The number of carbonyl (C=O) groups excluding carboxylic acids is 1. The molecule has 1 aliphatic heterocycles. The standard InChI is InChI=1S/C17H16ClF3N4O/c18-14-5-4-12(8-13(14)17(19,20)21)24-16-22-9-11(10-23-16)15(26)25-6-2-1-3-7-25/h4-5,8-10H,1-3,6-7H2,(H,22,23,24). The molecule has 0 bridgehead atoms. The van der Waals surface area contributed by atoms with Crippen molar-refractivity contribution in [1.29, 1.82) is 0 Å². The predicted molar refractivity (Wildman–Crippen MR) is 91.5 cm³/mol. The summed E-state index contributed by atoms with van der Waals surface area (Å²) in [7, 11) is 0. The molecule has 1 aromatic carbocycles. The zero-order valence-electron chi connectivity index (χ0n) is 13.7. The van der Waals surface area contributed by atoms with Gasteiger partial charge >= 0.3 is 6.18 Å². The fourth-order valence-electron chi connectivity index (χ4n) is 2.73. The minimum atomic E-state index is -4.56. The summed E-state index contributed by atoms with van der Waals surface area (Å²) >= 11 is 5.59. The molecule has 5 nitrogen and oxygen atoms in total. The van der Waals surface area contributed by atoms with Crippen LogP contribution in [0.25, 0.3) is 0 Å². The first-order valence-corrected chi connectivity index (χ1v) is 8.47. The Kier molecular flexibility index (Phi) is 5.31. The van der Waals surface area contributed by atoms with E-state index in [-0.39, 0.29) is 22.6 Å². The summed E-state index contributed by atoms with van der Waals surface area (Å²) in [6.45, 7) is 1.42. The number of aromatic nitrogens is 2. The summed E-state index contributed by atoms with van der Waals surface area (Å²) in [5, 5.41) is 2.30. The molecule has 1 saturated heterocycles. The number of piperidine rings is 1. The van der Waals surface area contributed by atoms with Crippen LogP contribution in [0, 0.1) is 0 Å². The highest BCUT2D eigenvalue weighted by Crippen LogP contribution is 2.36. The highest BCUT2D eigenvalue weighted by molar-refractivity contribution is 6.31. The van der Waals surface area contributed by atoms with Gasteiger partial charge in [0.05, 0.1) is 16.1 Å². The molecular weight excluding hydrogens is 369 g/mol. The number of likely N-dealkylation sites (tertiary alicyclic amines) is 1. The van der Waals surface area contributed by atoms with E-state index in [2.05, 4.69) is 15.3 Å². The topological polar surface area (TPSA) is 58.1 Å². The van der Waals surface area contributed by atoms with Gasteiger partial charge in [-0.25, -0.2) is 9.97 Å². The Bertz CT molecular complexity index is 790. The maximum absolute atomic E-state index is 12.9. The lowest BCUT2D eigenvalue weighted by atomic mass is 10.1. The molecule has 0 aliphatic carbocycles. The fraction of sp³-hybridized carbons (Fsp3) is 0.353. The Balaban J connectivity index is 1.72. The molecule has 1 amide bonds. The van der Waals surface area contributed by atoms with E-state index >= 15 is 0 Å². The van der Waals surface area contributed by atoms with Crippen molar-refractivity contribution in [3.8, 4) is 0 Å². The van der Waals surface area contributed by atoms with E-state index < -0.39 is 11.7 Å². The van der Waals surface area contributed by atoms with Crippen molar-refractivity contribution in [3.63, 3.8) is 0 Å². The largest absolute Gasteiger partial charge is 0.417 e. The Morgan fingerprint density at radius 2 is 1.77 bits per heavy atom. The predicted octanol–water partition coefficient (Wildman–Crippen LogP) is 4.52. The zero-order chi connectivity index (χ0) is 18.7. The van der Waals surface area contributed by atoms with Crippen LogP contribution in [0.2, 0.25) is 5.02 Å². The third-order valence-electron chi connectivity index (χ3n) is 4.07. The average molecular weight is 385 g/mol. The number of carbonyl (C=O) groups is 1. The lowest BCUT2D eigenvalue weighted by molar-refractivity contribution is -0.137. The van der Waals surface area contributed by atoms with Gasteiger partial charge < -0.3 is 10.2 Å². The van der Waals surface area contributed by atoms with Crippen molar-refractivity contribution in [2.24, 2.45) is 0 Å². The average Bonchev–Trinajstić information content (AvgIpc) is 2.63. The maximum Gasteiger partial charge on any atom is 0.417 e. The second-order valence-corrected chi connectivity index (χ2v) is 6.37. The van der Waals surface area contributed by atoms with Gasteiger partial charge in [0, 0.05) is 31.2 Å². The van der Waals surface area contributed by atoms with Crippen molar-refractivity contribution in [3.05, 3.63) is 46.7 Å². The van der Waals surface area contributed by atoms with Gasteiger partial charge in [0.2, 0.25) is 5.95 Å². The first-order valence-electron chi connectivity index (χ1n) is 8.10. The lowest BCUT2D eigenvalue weighted by Gasteiger charge is -2.26. The van der Waals surface area contributed by atoms with Crippen molar-refractivity contribution in [1.82, 2.24) is 14.9 Å². The summed E-state index contributed by atoms with van der Waals surface area (Å²) in [4.78, 5) is 22.1. The molecule has 3 rings (SSSR count). The summed E-state index contributed by atoms with van der Waals surface area (Å²) in [6.07, 6.45) is 1.25. The third kappa shape index (κ3) is 4.24. The van der Waals surface area contributed by atoms with Gasteiger partial charge in [-0.15, -0.1) is 0 Å². The summed E-state index contributed by atoms with van der Waals surface area (Å²) < 4.78 is 38.7. The smallest absolute Gasteiger partial charge is 0.339 e. The van der Waals surface area contributed by atoms with Gasteiger partial charge in [-0.2, -0.15) is 13.2 Å². The molecule has 9 heteroatoms. The highest BCUT2D eigenvalue weighted by Gasteiger charge is 2.33. The first kappa shape index (κ1) is 18.4. The van der Waals surface area contributed by atoms with Gasteiger partial charge in [-0.3, -0.25) is 4.79 Å². The molecule has 138 valence electrons. The molecule has 0 atom stereocenters. The quantitative estimate of drug-likeness (QED) is 0.845. The van der Waals surface area contributed by atoms with Crippen LogP contribution in [0.3, 0.4) is 0 Å². The van der Waals surface area contributed by atoms with Crippen LogP contribution in [0.1, 0.15) is 35.2 Å². The van der Waals surface area contributed by atoms with Crippen LogP contribution in [0.15, 0.2) is 30.6 Å². The van der Waals surface area contributed by atoms with Gasteiger partial charge in [0.25, 0.3) is 5.91 Å². The number of hydrogen-bond acceptors (Lipinski definition) is 4. The summed E-state index contributed by atoms with van der Waals surface area (Å²) in [5.41, 5.74) is -0.442. The Hall–Kier alpha value is -2.35. The summed E-state index contributed by atoms with van der Waals surface area (Å²) in [6, 6.07) is 3.44. The third-order valence-corrected chi connectivity index (χ3v) is 4.40. The number of benzene rings is 1. The molecule has 0 saturated carbocycles. The number of halogens is 4. The molecule has 0 radical (unpaired) electrons. The number of alkyl halides is 3. The lowest BCUT2D eigenvalue weighted by Crippen LogP contribution is -2.35. The van der Waals surface area contributed by atoms with Gasteiger partial charge in [0.1, 0.15) is 0 Å². The molecular formula is C17H16ClF3N4O. The second-order valence-electron chi connectivity index (χ2n) is 5.97. The van der Waals surface area contributed by atoms with Crippen molar-refractivity contribution >= 4 is 29.1 Å². The van der Waals surface area contributed by atoms with Crippen LogP contribution in [0.5, 0.6) is 0 Å². The van der Waals surface area contributed by atoms with E-state index in [1.807, 2.05) is 0 Å². The van der Waals surface area contributed by atoms with Gasteiger partial charge in [-0.1, -0.05) is 11.6 Å². The van der Waals surface area contributed by atoms with E-state index in [1.54, 1.807) is 4.90 Å². The second kappa shape index (κ2) is 7.49. The molecule has 0 spiro atoms. The maximum atomic E-state index is 12.9. The minimum absolute atomic E-state index is 0.0932. The Morgan fingerprint density at radius 1 is 1.12 bits per heavy atom. The summed E-state index contributed by atoms with van der Waals surface area (Å²) in [5.74, 6) is -0.0438. The van der Waals surface area contributed by atoms with Crippen molar-refractivity contribution in [2.45, 2.75) is 25.4 Å². The number of amides is 1. The molecule has 2 aromatic rings. The number of anilines is 2. The molecule has 1 aromatic heterocycles. The van der Waals surface area contributed by atoms with E-state index in [9.17, 15) is 18.0 Å². The highest BCUT2D eigenvalue weighted by atomic mass is 35.5. The number of nitrogens with one attached hydrogen (secondary N) is 1. The number of nitrogens with zero attached hydrogens (tertiary/aromatic N) is 3. The van der Waals surface area contributed by atoms with Crippen LogP contribution in [-0.4, -0.2) is 33.9 Å². The first-order chi connectivity index (χ1) is 12.3. The normalized spacial score (nSPS) is 15.0. The van der Waals surface area contributed by atoms with E-state index in [1.165, 1.54) is 18.5 Å². The molecule has 1 aliphatic rings. The number of hydrogen-bond donors (Lipinski definition) is 1. The van der Waals surface area contributed by atoms with Crippen LogP contribution >= 0.6 is 11.6 Å². The fourth-order valence-corrected chi connectivity index (χ4v) is 2.96. The molecule has 26 heavy (non-hydrogen) atoms. The van der Waals surface area contributed by atoms with Gasteiger partial charge in [-0.05, 0) is 37.5 Å². The molecule has 2 heterocycles. The molecule has 0 unspecified atom stereocenters. The molecule has 1 fully saturated rings. The minimum Gasteiger partial charge on any atom is -0.339 e. The number of rotatable bonds is 3. The van der Waals surface area contributed by atoms with E-state index in [0.29, 0.717) is 18.7 Å². The van der Waals surface area contributed by atoms with Crippen molar-refractivity contribution in [2.75, 3.05) is 18.4 Å². The Morgan fingerprint density at radius 3 is 2.38 bits per heavy atom. The van der Waals surface area contributed by atoms with Crippen molar-refractivity contribution < 1.29 is 18.0 Å². The van der Waals surface area contributed by atoms with Gasteiger partial charge in [0.15, 0.2) is 0 Å². The van der Waals surface area contributed by atoms with Crippen LogP contribution in [0.4, 0.5) is 24.8 Å². The monoisotopic (exact) mass is 384 g/mol. The van der Waals surface area contributed by atoms with Crippen LogP contribution in [-0.2, 0) is 6.18 Å².